The average Bonchev–Trinajstić information content (AvgIpc) is 2.87. The van der Waals surface area contributed by atoms with Crippen molar-refractivity contribution in [2.45, 2.75) is 60.5 Å². The number of halogens is 1. The van der Waals surface area contributed by atoms with E-state index in [4.69, 9.17) is 11.6 Å². The van der Waals surface area contributed by atoms with E-state index in [0.717, 1.165) is 35.8 Å². The molecule has 2 heterocycles. The van der Waals surface area contributed by atoms with Gasteiger partial charge in [-0.2, -0.15) is 5.10 Å². The summed E-state index contributed by atoms with van der Waals surface area (Å²) in [6, 6.07) is 0. The van der Waals surface area contributed by atoms with E-state index in [2.05, 4.69) is 49.3 Å². The van der Waals surface area contributed by atoms with Crippen LogP contribution in [0.2, 0.25) is 0 Å². The monoisotopic (exact) mass is 296 g/mol. The molecule has 4 nitrogen and oxygen atoms in total. The molecule has 1 atom stereocenters. The average molecular weight is 297 g/mol. The Morgan fingerprint density at radius 2 is 1.95 bits per heavy atom. The largest absolute Gasteiger partial charge is 0.312 e. The van der Waals surface area contributed by atoms with Crippen LogP contribution in [0.25, 0.3) is 11.2 Å². The number of imidazole rings is 1. The molecule has 0 spiro atoms. The number of hydrogen-bond donors (Lipinski definition) is 0. The molecule has 2 rings (SSSR count). The fraction of sp³-hybridized carbons (Fsp3) is 0.733. The smallest absolute Gasteiger partial charge is 0.158 e. The molecule has 0 saturated carbocycles. The summed E-state index contributed by atoms with van der Waals surface area (Å²) in [5, 5.41) is 4.56. The highest BCUT2D eigenvalue weighted by atomic mass is 35.5. The molecule has 5 heteroatoms. The van der Waals surface area contributed by atoms with Crippen molar-refractivity contribution < 1.29 is 0 Å². The zero-order chi connectivity index (χ0) is 15.1. The fourth-order valence-corrected chi connectivity index (χ4v) is 2.54. The first-order chi connectivity index (χ1) is 9.29. The van der Waals surface area contributed by atoms with Crippen LogP contribution < -0.4 is 0 Å². The van der Waals surface area contributed by atoms with Crippen LogP contribution >= 0.6 is 11.6 Å². The van der Waals surface area contributed by atoms with E-state index in [9.17, 15) is 0 Å². The van der Waals surface area contributed by atoms with Crippen LogP contribution in [-0.4, -0.2) is 19.3 Å². The summed E-state index contributed by atoms with van der Waals surface area (Å²) in [4.78, 5) is 4.68. The molecule has 0 aromatic carbocycles. The second-order valence-corrected chi connectivity index (χ2v) is 6.88. The van der Waals surface area contributed by atoms with Gasteiger partial charge in [0.15, 0.2) is 5.65 Å². The molecule has 0 aliphatic heterocycles. The highest BCUT2D eigenvalue weighted by molar-refractivity contribution is 6.16. The van der Waals surface area contributed by atoms with Crippen LogP contribution in [0.15, 0.2) is 0 Å². The molecule has 0 amide bonds. The Morgan fingerprint density at radius 1 is 1.30 bits per heavy atom. The van der Waals surface area contributed by atoms with Crippen molar-refractivity contribution in [1.82, 2.24) is 19.3 Å². The molecule has 20 heavy (non-hydrogen) atoms. The second kappa shape index (κ2) is 5.40. The first-order valence-electron chi connectivity index (χ1n) is 7.28. The van der Waals surface area contributed by atoms with Gasteiger partial charge in [0, 0.05) is 13.1 Å². The van der Waals surface area contributed by atoms with Gasteiger partial charge in [-0.15, -0.1) is 11.6 Å². The summed E-state index contributed by atoms with van der Waals surface area (Å²) in [5.41, 5.74) is 3.34. The standard InChI is InChI=1S/C15H25ClN4/c1-7-20-14-13(11(3)18-20)17-12(8-16)19(14)9-10(2)15(4,5)6/h10H,7-9H2,1-6H3. The zero-order valence-corrected chi connectivity index (χ0v) is 14.1. The first kappa shape index (κ1) is 15.4. The molecular formula is C15H25ClN4. The van der Waals surface area contributed by atoms with Gasteiger partial charge in [-0.25, -0.2) is 9.67 Å². The highest BCUT2D eigenvalue weighted by Gasteiger charge is 2.24. The molecule has 0 aliphatic carbocycles. The minimum absolute atomic E-state index is 0.256. The Hall–Kier alpha value is -1.03. The lowest BCUT2D eigenvalue weighted by molar-refractivity contribution is 0.232. The van der Waals surface area contributed by atoms with Gasteiger partial charge < -0.3 is 4.57 Å². The maximum absolute atomic E-state index is 6.09. The molecule has 2 aromatic heterocycles. The number of fused-ring (bicyclic) bond motifs is 1. The van der Waals surface area contributed by atoms with Crippen molar-refractivity contribution in [2.75, 3.05) is 0 Å². The third-order valence-electron chi connectivity index (χ3n) is 4.23. The van der Waals surface area contributed by atoms with Crippen LogP contribution in [0.5, 0.6) is 0 Å². The van der Waals surface area contributed by atoms with Crippen LogP contribution in [0.4, 0.5) is 0 Å². The summed E-state index contributed by atoms with van der Waals surface area (Å²) in [6.07, 6.45) is 0. The lowest BCUT2D eigenvalue weighted by Crippen LogP contribution is -2.23. The second-order valence-electron chi connectivity index (χ2n) is 6.61. The Labute approximate surface area is 126 Å². The van der Waals surface area contributed by atoms with Crippen molar-refractivity contribution in [3.63, 3.8) is 0 Å². The van der Waals surface area contributed by atoms with Crippen LogP contribution in [0.3, 0.4) is 0 Å². The normalized spacial score (nSPS) is 14.2. The SMILES string of the molecule is CCn1nc(C)c2nc(CCl)n(CC(C)C(C)(C)C)c21. The highest BCUT2D eigenvalue weighted by Crippen LogP contribution is 2.29. The lowest BCUT2D eigenvalue weighted by Gasteiger charge is -2.28. The number of rotatable bonds is 4. The Balaban J connectivity index is 2.55. The van der Waals surface area contributed by atoms with Crippen LogP contribution in [0.1, 0.15) is 46.1 Å². The summed E-state index contributed by atoms with van der Waals surface area (Å²) >= 11 is 6.09. The fourth-order valence-electron chi connectivity index (χ4n) is 2.33. The van der Waals surface area contributed by atoms with Crippen LogP contribution in [-0.2, 0) is 19.0 Å². The number of alkyl halides is 1. The minimum Gasteiger partial charge on any atom is -0.312 e. The zero-order valence-electron chi connectivity index (χ0n) is 13.4. The predicted molar refractivity (Wildman–Crippen MR) is 84.1 cm³/mol. The molecule has 0 N–H and O–H groups in total. The third-order valence-corrected chi connectivity index (χ3v) is 4.47. The van der Waals surface area contributed by atoms with Crippen molar-refractivity contribution in [2.24, 2.45) is 11.3 Å². The van der Waals surface area contributed by atoms with Gasteiger partial charge in [0.05, 0.1) is 11.6 Å². The van der Waals surface area contributed by atoms with Gasteiger partial charge in [-0.1, -0.05) is 27.7 Å². The number of aromatic nitrogens is 4. The van der Waals surface area contributed by atoms with Crippen molar-refractivity contribution >= 4 is 22.8 Å². The predicted octanol–water partition coefficient (Wildman–Crippen LogP) is 3.98. The van der Waals surface area contributed by atoms with Crippen molar-refractivity contribution in [1.29, 1.82) is 0 Å². The molecule has 2 aromatic rings. The Morgan fingerprint density at radius 3 is 2.45 bits per heavy atom. The molecule has 112 valence electrons. The molecule has 0 radical (unpaired) electrons. The number of nitrogens with zero attached hydrogens (tertiary/aromatic N) is 4. The molecular weight excluding hydrogens is 272 g/mol. The van der Waals surface area contributed by atoms with Crippen LogP contribution in [0, 0.1) is 18.3 Å². The Kier molecular flexibility index (Phi) is 4.14. The van der Waals surface area contributed by atoms with Crippen molar-refractivity contribution in [3.05, 3.63) is 11.5 Å². The summed E-state index contributed by atoms with van der Waals surface area (Å²) in [7, 11) is 0. The molecule has 1 unspecified atom stereocenters. The molecule has 0 aliphatic rings. The topological polar surface area (TPSA) is 35.6 Å². The van der Waals surface area contributed by atoms with Gasteiger partial charge in [0.1, 0.15) is 11.3 Å². The van der Waals surface area contributed by atoms with Gasteiger partial charge in [-0.05, 0) is 25.2 Å². The first-order valence-corrected chi connectivity index (χ1v) is 7.81. The van der Waals surface area contributed by atoms with Gasteiger partial charge in [0.25, 0.3) is 0 Å². The number of hydrogen-bond acceptors (Lipinski definition) is 2. The van der Waals surface area contributed by atoms with Crippen molar-refractivity contribution in [3.8, 4) is 0 Å². The summed E-state index contributed by atoms with van der Waals surface area (Å²) in [5.74, 6) is 1.91. The third kappa shape index (κ3) is 2.58. The molecule has 0 bridgehead atoms. The van der Waals surface area contributed by atoms with Gasteiger partial charge in [0.2, 0.25) is 0 Å². The van der Waals surface area contributed by atoms with E-state index in [0.29, 0.717) is 11.8 Å². The maximum atomic E-state index is 6.09. The van der Waals surface area contributed by atoms with Gasteiger partial charge >= 0.3 is 0 Å². The molecule has 0 saturated heterocycles. The van der Waals surface area contributed by atoms with E-state index in [1.807, 2.05) is 11.6 Å². The number of aryl methyl sites for hydroxylation is 2. The Bertz CT molecular complexity index is 603. The van der Waals surface area contributed by atoms with E-state index in [-0.39, 0.29) is 5.41 Å². The van der Waals surface area contributed by atoms with E-state index in [1.165, 1.54) is 0 Å². The summed E-state index contributed by atoms with van der Waals surface area (Å²) in [6.45, 7) is 15.0. The maximum Gasteiger partial charge on any atom is 0.158 e. The minimum atomic E-state index is 0.256. The van der Waals surface area contributed by atoms with Gasteiger partial charge in [-0.3, -0.25) is 0 Å². The lowest BCUT2D eigenvalue weighted by atomic mass is 9.82. The van der Waals surface area contributed by atoms with E-state index in [1.54, 1.807) is 0 Å². The molecule has 0 fully saturated rings. The summed E-state index contributed by atoms with van der Waals surface area (Å²) < 4.78 is 4.28. The quantitative estimate of drug-likeness (QED) is 0.800. The van der Waals surface area contributed by atoms with E-state index >= 15 is 0 Å². The van der Waals surface area contributed by atoms with E-state index < -0.39 is 0 Å².